The van der Waals surface area contributed by atoms with E-state index in [1.54, 1.807) is 30.1 Å². The molecule has 0 spiro atoms. The van der Waals surface area contributed by atoms with Crippen LogP contribution >= 0.6 is 0 Å². The van der Waals surface area contributed by atoms with Crippen molar-refractivity contribution in [2.24, 2.45) is 7.05 Å². The first-order chi connectivity index (χ1) is 9.52. The summed E-state index contributed by atoms with van der Waals surface area (Å²) in [5.74, 6) is 1.06. The van der Waals surface area contributed by atoms with E-state index < -0.39 is 0 Å². The Labute approximate surface area is 117 Å². The van der Waals surface area contributed by atoms with Crippen LogP contribution in [0, 0.1) is 6.92 Å². The molecule has 1 atom stereocenters. The highest BCUT2D eigenvalue weighted by atomic mass is 16.5. The van der Waals surface area contributed by atoms with E-state index in [9.17, 15) is 4.79 Å². The Kier molecular flexibility index (Phi) is 4.02. The molecule has 1 aromatic heterocycles. The largest absolute Gasteiger partial charge is 0.496 e. The average molecular weight is 274 g/mol. The number of aryl methyl sites for hydroxylation is 2. The Bertz CT molecular complexity index is 621. The van der Waals surface area contributed by atoms with Crippen molar-refractivity contribution < 1.29 is 9.53 Å². The van der Waals surface area contributed by atoms with Gasteiger partial charge in [-0.05, 0) is 26.0 Å². The first kappa shape index (κ1) is 14.0. The third-order valence-electron chi connectivity index (χ3n) is 3.08. The van der Waals surface area contributed by atoms with Crippen molar-refractivity contribution in [3.8, 4) is 5.75 Å². The van der Waals surface area contributed by atoms with Crippen LogP contribution < -0.4 is 10.1 Å². The van der Waals surface area contributed by atoms with Crippen molar-refractivity contribution in [3.63, 3.8) is 0 Å². The Morgan fingerprint density at radius 1 is 1.45 bits per heavy atom. The van der Waals surface area contributed by atoms with Gasteiger partial charge in [0.25, 0.3) is 5.91 Å². The zero-order valence-electron chi connectivity index (χ0n) is 12.0. The predicted octanol–water partition coefficient (Wildman–Crippen LogP) is 1.62. The molecular formula is C14H18N4O2. The molecule has 0 saturated heterocycles. The second kappa shape index (κ2) is 5.73. The molecule has 1 N–H and O–H groups in total. The van der Waals surface area contributed by atoms with E-state index >= 15 is 0 Å². The van der Waals surface area contributed by atoms with Gasteiger partial charge in [0.2, 0.25) is 0 Å². The summed E-state index contributed by atoms with van der Waals surface area (Å²) < 4.78 is 7.00. The quantitative estimate of drug-likeness (QED) is 0.920. The van der Waals surface area contributed by atoms with Gasteiger partial charge in [-0.25, -0.2) is 0 Å². The molecular weight excluding hydrogens is 256 g/mol. The van der Waals surface area contributed by atoms with Crippen LogP contribution in [0.25, 0.3) is 0 Å². The first-order valence-electron chi connectivity index (χ1n) is 6.32. The Morgan fingerprint density at radius 3 is 2.80 bits per heavy atom. The molecule has 1 heterocycles. The molecule has 0 radical (unpaired) electrons. The highest BCUT2D eigenvalue weighted by Crippen LogP contribution is 2.20. The Hall–Kier alpha value is -2.37. The van der Waals surface area contributed by atoms with Gasteiger partial charge in [-0.15, -0.1) is 10.2 Å². The number of nitrogens with zero attached hydrogens (tertiary/aromatic N) is 3. The number of benzene rings is 1. The Morgan fingerprint density at radius 2 is 2.20 bits per heavy atom. The molecule has 6 heteroatoms. The molecule has 1 unspecified atom stereocenters. The maximum atomic E-state index is 12.3. The van der Waals surface area contributed by atoms with Crippen LogP contribution in [0.2, 0.25) is 0 Å². The number of carbonyl (C=O) groups is 1. The number of carbonyl (C=O) groups excluding carboxylic acids is 1. The standard InChI is InChI=1S/C14H18N4O2/c1-9-5-6-12(20-4)11(7-9)14(19)16-10(2)13-17-15-8-18(13)3/h5-8,10H,1-4H3,(H,16,19). The summed E-state index contributed by atoms with van der Waals surface area (Å²) in [7, 11) is 3.39. The number of aromatic nitrogens is 3. The van der Waals surface area contributed by atoms with Gasteiger partial charge < -0.3 is 14.6 Å². The van der Waals surface area contributed by atoms with Crippen molar-refractivity contribution in [1.82, 2.24) is 20.1 Å². The zero-order valence-corrected chi connectivity index (χ0v) is 12.0. The van der Waals surface area contributed by atoms with Gasteiger partial charge in [-0.3, -0.25) is 4.79 Å². The molecule has 0 bridgehead atoms. The normalized spacial score (nSPS) is 12.0. The van der Waals surface area contributed by atoms with Crippen molar-refractivity contribution >= 4 is 5.91 Å². The minimum absolute atomic E-state index is 0.193. The first-order valence-corrected chi connectivity index (χ1v) is 6.32. The summed E-state index contributed by atoms with van der Waals surface area (Å²) in [5.41, 5.74) is 1.52. The third-order valence-corrected chi connectivity index (χ3v) is 3.08. The van der Waals surface area contributed by atoms with Crippen LogP contribution in [-0.4, -0.2) is 27.8 Å². The van der Waals surface area contributed by atoms with E-state index in [-0.39, 0.29) is 11.9 Å². The predicted molar refractivity (Wildman–Crippen MR) is 74.6 cm³/mol. The van der Waals surface area contributed by atoms with E-state index in [1.165, 1.54) is 0 Å². The Balaban J connectivity index is 2.20. The topological polar surface area (TPSA) is 69.0 Å². The minimum atomic E-state index is -0.236. The van der Waals surface area contributed by atoms with Gasteiger partial charge in [0, 0.05) is 7.05 Å². The lowest BCUT2D eigenvalue weighted by Gasteiger charge is -2.15. The van der Waals surface area contributed by atoms with Gasteiger partial charge in [0.1, 0.15) is 12.1 Å². The molecule has 0 aliphatic heterocycles. The van der Waals surface area contributed by atoms with E-state index in [0.717, 1.165) is 5.56 Å². The van der Waals surface area contributed by atoms with Crippen LogP contribution in [0.4, 0.5) is 0 Å². The molecule has 2 aromatic rings. The summed E-state index contributed by atoms with van der Waals surface area (Å²) in [5, 5.41) is 10.7. The van der Waals surface area contributed by atoms with Crippen molar-refractivity contribution in [1.29, 1.82) is 0 Å². The van der Waals surface area contributed by atoms with Crippen LogP contribution in [0.1, 0.15) is 34.7 Å². The van der Waals surface area contributed by atoms with Gasteiger partial charge in [-0.1, -0.05) is 11.6 Å². The number of nitrogens with one attached hydrogen (secondary N) is 1. The highest BCUT2D eigenvalue weighted by molar-refractivity contribution is 5.97. The lowest BCUT2D eigenvalue weighted by molar-refractivity contribution is 0.0934. The maximum absolute atomic E-state index is 12.3. The van der Waals surface area contributed by atoms with Crippen molar-refractivity contribution in [2.75, 3.05) is 7.11 Å². The lowest BCUT2D eigenvalue weighted by atomic mass is 10.1. The van der Waals surface area contributed by atoms with Gasteiger partial charge >= 0.3 is 0 Å². The molecule has 1 aromatic carbocycles. The number of hydrogen-bond donors (Lipinski definition) is 1. The molecule has 6 nitrogen and oxygen atoms in total. The van der Waals surface area contributed by atoms with E-state index in [2.05, 4.69) is 15.5 Å². The lowest BCUT2D eigenvalue weighted by Crippen LogP contribution is -2.28. The maximum Gasteiger partial charge on any atom is 0.255 e. The summed E-state index contributed by atoms with van der Waals surface area (Å²) in [6, 6.07) is 5.26. The average Bonchev–Trinajstić information content (AvgIpc) is 2.85. The molecule has 0 saturated carbocycles. The van der Waals surface area contributed by atoms with E-state index in [1.807, 2.05) is 27.0 Å². The number of methoxy groups -OCH3 is 1. The summed E-state index contributed by atoms with van der Waals surface area (Å²) in [4.78, 5) is 12.3. The minimum Gasteiger partial charge on any atom is -0.496 e. The van der Waals surface area contributed by atoms with Crippen LogP contribution in [0.3, 0.4) is 0 Å². The van der Waals surface area contributed by atoms with Crippen LogP contribution in [0.5, 0.6) is 5.75 Å². The molecule has 106 valence electrons. The number of hydrogen-bond acceptors (Lipinski definition) is 4. The third kappa shape index (κ3) is 2.79. The smallest absolute Gasteiger partial charge is 0.255 e. The van der Waals surface area contributed by atoms with Gasteiger partial charge in [0.15, 0.2) is 5.82 Å². The fourth-order valence-electron chi connectivity index (χ4n) is 2.02. The van der Waals surface area contributed by atoms with E-state index in [4.69, 9.17) is 4.74 Å². The molecule has 0 aliphatic carbocycles. The SMILES string of the molecule is COc1ccc(C)cc1C(=O)NC(C)c1nncn1C. The zero-order chi connectivity index (χ0) is 14.7. The number of ether oxygens (including phenoxy) is 1. The fourth-order valence-corrected chi connectivity index (χ4v) is 2.02. The molecule has 0 fully saturated rings. The molecule has 2 rings (SSSR count). The fraction of sp³-hybridized carbons (Fsp3) is 0.357. The second-order valence-corrected chi connectivity index (χ2v) is 4.70. The molecule has 20 heavy (non-hydrogen) atoms. The summed E-state index contributed by atoms with van der Waals surface area (Å²) in [6.07, 6.45) is 1.60. The monoisotopic (exact) mass is 274 g/mol. The summed E-state index contributed by atoms with van der Waals surface area (Å²) in [6.45, 7) is 3.80. The van der Waals surface area contributed by atoms with Crippen molar-refractivity contribution in [2.45, 2.75) is 19.9 Å². The van der Waals surface area contributed by atoms with Crippen LogP contribution in [-0.2, 0) is 7.05 Å². The van der Waals surface area contributed by atoms with Crippen LogP contribution in [0.15, 0.2) is 24.5 Å². The van der Waals surface area contributed by atoms with Gasteiger partial charge in [0.05, 0.1) is 18.7 Å². The van der Waals surface area contributed by atoms with Gasteiger partial charge in [-0.2, -0.15) is 0 Å². The molecule has 0 aliphatic rings. The number of rotatable bonds is 4. The highest BCUT2D eigenvalue weighted by Gasteiger charge is 2.18. The number of amides is 1. The van der Waals surface area contributed by atoms with Crippen molar-refractivity contribution in [3.05, 3.63) is 41.5 Å². The second-order valence-electron chi connectivity index (χ2n) is 4.70. The molecule has 1 amide bonds. The van der Waals surface area contributed by atoms with E-state index in [0.29, 0.717) is 17.1 Å². The summed E-state index contributed by atoms with van der Waals surface area (Å²) >= 11 is 0.